The lowest BCUT2D eigenvalue weighted by Crippen LogP contribution is -2.03. The number of nitrogens with one attached hydrogen (secondary N) is 1. The van der Waals surface area contributed by atoms with Gasteiger partial charge < -0.3 is 4.98 Å². The van der Waals surface area contributed by atoms with Crippen molar-refractivity contribution in [2.24, 2.45) is 0 Å². The molecule has 0 spiro atoms. The van der Waals surface area contributed by atoms with Crippen molar-refractivity contribution in [3.8, 4) is 0 Å². The molecule has 0 saturated carbocycles. The monoisotopic (exact) mass is 285 g/mol. The molecule has 2 nitrogen and oxygen atoms in total. The summed E-state index contributed by atoms with van der Waals surface area (Å²) in [5.74, 6) is 0. The molecule has 0 aliphatic heterocycles. The molecule has 10 heavy (non-hydrogen) atoms. The Balaban J connectivity index is 3.50. The minimum atomic E-state index is -0.215. The van der Waals surface area contributed by atoms with E-state index in [4.69, 9.17) is 11.6 Å². The van der Waals surface area contributed by atoms with Crippen LogP contribution in [0.25, 0.3) is 0 Å². The molecule has 0 aromatic carbocycles. The summed E-state index contributed by atoms with van der Waals surface area (Å²) in [5.41, 5.74) is -0.215. The third-order valence-corrected chi connectivity index (χ3v) is 3.13. The van der Waals surface area contributed by atoms with Gasteiger partial charge in [0.15, 0.2) is 0 Å². The fraction of sp³-hybridized carbons (Fsp3) is 0. The molecule has 1 rings (SSSR count). The lowest BCUT2D eigenvalue weighted by atomic mass is 10.5. The maximum absolute atomic E-state index is 11.0. The van der Waals surface area contributed by atoms with Crippen LogP contribution >= 0.6 is 43.5 Å². The summed E-state index contributed by atoms with van der Waals surface area (Å²) in [4.78, 5) is 13.7. The molecule has 1 aromatic heterocycles. The summed E-state index contributed by atoms with van der Waals surface area (Å²) in [6.45, 7) is 0. The van der Waals surface area contributed by atoms with Crippen LogP contribution in [0.5, 0.6) is 0 Å². The average molecular weight is 287 g/mol. The Bertz CT molecular complexity index is 309. The van der Waals surface area contributed by atoms with Gasteiger partial charge in [0.1, 0.15) is 9.63 Å². The van der Waals surface area contributed by atoms with Gasteiger partial charge in [-0.2, -0.15) is 0 Å². The maximum Gasteiger partial charge on any atom is 0.215 e. The van der Waals surface area contributed by atoms with E-state index in [1.54, 1.807) is 0 Å². The third kappa shape index (κ3) is 1.44. The van der Waals surface area contributed by atoms with E-state index in [2.05, 4.69) is 36.8 Å². The van der Waals surface area contributed by atoms with Crippen molar-refractivity contribution in [2.75, 3.05) is 0 Å². The van der Waals surface area contributed by atoms with Gasteiger partial charge in [0.2, 0.25) is 5.43 Å². The summed E-state index contributed by atoms with van der Waals surface area (Å²) in [6, 6.07) is 0. The van der Waals surface area contributed by atoms with Gasteiger partial charge in [0, 0.05) is 6.20 Å². The third-order valence-electron chi connectivity index (χ3n) is 0.935. The van der Waals surface area contributed by atoms with E-state index in [0.29, 0.717) is 9.08 Å². The summed E-state index contributed by atoms with van der Waals surface area (Å²) >= 11 is 11.7. The van der Waals surface area contributed by atoms with Crippen LogP contribution in [0.1, 0.15) is 0 Å². The number of pyridine rings is 1. The minimum absolute atomic E-state index is 0.176. The molecule has 0 bridgehead atoms. The second-order valence-electron chi connectivity index (χ2n) is 1.59. The number of aromatic amines is 1. The number of rotatable bonds is 0. The molecular formula is C5H2Br2ClNO. The van der Waals surface area contributed by atoms with Gasteiger partial charge in [-0.05, 0) is 31.9 Å². The summed E-state index contributed by atoms with van der Waals surface area (Å²) in [5, 5.41) is 0.176. The standard InChI is InChI=1S/C5H2Br2ClNO/c6-3-4(10)2(8)1-9-5(3)7/h1H,(H,9,10). The minimum Gasteiger partial charge on any atom is -0.353 e. The van der Waals surface area contributed by atoms with Crippen molar-refractivity contribution in [2.45, 2.75) is 0 Å². The molecule has 0 unspecified atom stereocenters. The zero-order valence-corrected chi connectivity index (χ0v) is 8.55. The largest absolute Gasteiger partial charge is 0.353 e. The zero-order valence-electron chi connectivity index (χ0n) is 4.62. The van der Waals surface area contributed by atoms with Crippen LogP contribution in [0, 0.1) is 0 Å². The Morgan fingerprint density at radius 2 is 2.10 bits per heavy atom. The normalized spacial score (nSPS) is 9.90. The Labute approximate surface area is 78.9 Å². The van der Waals surface area contributed by atoms with Crippen molar-refractivity contribution < 1.29 is 0 Å². The lowest BCUT2D eigenvalue weighted by molar-refractivity contribution is 1.23. The highest BCUT2D eigenvalue weighted by Gasteiger charge is 2.03. The van der Waals surface area contributed by atoms with Crippen molar-refractivity contribution in [3.63, 3.8) is 0 Å². The van der Waals surface area contributed by atoms with Crippen LogP contribution in [0.3, 0.4) is 0 Å². The van der Waals surface area contributed by atoms with Gasteiger partial charge in [-0.3, -0.25) is 4.79 Å². The number of hydrogen-bond donors (Lipinski definition) is 1. The van der Waals surface area contributed by atoms with E-state index in [1.807, 2.05) is 0 Å². The average Bonchev–Trinajstić information content (AvgIpc) is 1.93. The van der Waals surface area contributed by atoms with Crippen molar-refractivity contribution in [3.05, 3.63) is 30.5 Å². The van der Waals surface area contributed by atoms with Gasteiger partial charge >= 0.3 is 0 Å². The molecule has 1 heterocycles. The predicted molar refractivity (Wildman–Crippen MR) is 47.5 cm³/mol. The Morgan fingerprint density at radius 3 is 2.60 bits per heavy atom. The van der Waals surface area contributed by atoms with E-state index in [0.717, 1.165) is 0 Å². The molecule has 0 aliphatic carbocycles. The molecule has 54 valence electrons. The molecule has 5 heteroatoms. The Morgan fingerprint density at radius 1 is 1.50 bits per heavy atom. The molecular weight excluding hydrogens is 285 g/mol. The van der Waals surface area contributed by atoms with E-state index in [1.165, 1.54) is 6.20 Å². The lowest BCUT2D eigenvalue weighted by Gasteiger charge is -1.93. The van der Waals surface area contributed by atoms with Crippen molar-refractivity contribution in [1.82, 2.24) is 4.98 Å². The molecule has 0 radical (unpaired) electrons. The predicted octanol–water partition coefficient (Wildman–Crippen LogP) is 2.55. The van der Waals surface area contributed by atoms with Gasteiger partial charge in [0.25, 0.3) is 0 Å². The zero-order chi connectivity index (χ0) is 7.72. The Hall–Kier alpha value is 0.200. The van der Waals surface area contributed by atoms with Crippen LogP contribution < -0.4 is 5.43 Å². The number of H-pyrrole nitrogens is 1. The molecule has 0 amide bonds. The van der Waals surface area contributed by atoms with Crippen LogP contribution in [-0.2, 0) is 0 Å². The second kappa shape index (κ2) is 3.07. The van der Waals surface area contributed by atoms with Gasteiger partial charge in [-0.15, -0.1) is 0 Å². The van der Waals surface area contributed by atoms with Crippen LogP contribution in [0.15, 0.2) is 20.1 Å². The SMILES string of the molecule is O=c1c(Cl)c[nH]c(Br)c1Br. The number of hydrogen-bond acceptors (Lipinski definition) is 1. The molecule has 0 fully saturated rings. The van der Waals surface area contributed by atoms with Crippen LogP contribution in [0.2, 0.25) is 5.02 Å². The highest BCUT2D eigenvalue weighted by Crippen LogP contribution is 2.17. The first-order chi connectivity index (χ1) is 4.63. The topological polar surface area (TPSA) is 32.9 Å². The molecule has 0 aliphatic rings. The van der Waals surface area contributed by atoms with E-state index in [-0.39, 0.29) is 10.5 Å². The van der Waals surface area contributed by atoms with Crippen molar-refractivity contribution >= 4 is 43.5 Å². The van der Waals surface area contributed by atoms with Crippen LogP contribution in [-0.4, -0.2) is 4.98 Å². The van der Waals surface area contributed by atoms with E-state index in [9.17, 15) is 4.79 Å². The van der Waals surface area contributed by atoms with Crippen LogP contribution in [0.4, 0.5) is 0 Å². The fourth-order valence-electron chi connectivity index (χ4n) is 0.460. The number of aromatic nitrogens is 1. The van der Waals surface area contributed by atoms with Gasteiger partial charge in [-0.25, -0.2) is 0 Å². The summed E-state index contributed by atoms with van der Waals surface area (Å²) in [6.07, 6.45) is 1.43. The van der Waals surface area contributed by atoms with E-state index >= 15 is 0 Å². The molecule has 0 saturated heterocycles. The molecule has 1 N–H and O–H groups in total. The summed E-state index contributed by atoms with van der Waals surface area (Å²) in [7, 11) is 0. The summed E-state index contributed by atoms with van der Waals surface area (Å²) < 4.78 is 1.02. The quantitative estimate of drug-likeness (QED) is 0.731. The van der Waals surface area contributed by atoms with Crippen molar-refractivity contribution in [1.29, 1.82) is 0 Å². The fourth-order valence-corrected chi connectivity index (χ4v) is 1.35. The molecule has 0 atom stereocenters. The first kappa shape index (κ1) is 8.30. The highest BCUT2D eigenvalue weighted by atomic mass is 79.9. The second-order valence-corrected chi connectivity index (χ2v) is 3.59. The number of halogens is 3. The first-order valence-electron chi connectivity index (χ1n) is 2.35. The molecule has 1 aromatic rings. The van der Waals surface area contributed by atoms with E-state index < -0.39 is 0 Å². The van der Waals surface area contributed by atoms with Gasteiger partial charge in [0.05, 0.1) is 4.47 Å². The Kier molecular flexibility index (Phi) is 2.55. The first-order valence-corrected chi connectivity index (χ1v) is 4.31. The maximum atomic E-state index is 11.0. The highest BCUT2D eigenvalue weighted by molar-refractivity contribution is 9.13. The van der Waals surface area contributed by atoms with Gasteiger partial charge in [-0.1, -0.05) is 11.6 Å². The smallest absolute Gasteiger partial charge is 0.215 e.